The second-order valence-corrected chi connectivity index (χ2v) is 10.1. The molecule has 0 unspecified atom stereocenters. The molecule has 2 aliphatic carbocycles. The molecule has 8 nitrogen and oxygen atoms in total. The number of hydrogen-bond donors (Lipinski definition) is 3. The normalized spacial score (nSPS) is 15.3. The summed E-state index contributed by atoms with van der Waals surface area (Å²) in [6.07, 6.45) is 2.10. The molecule has 1 fully saturated rings. The first-order chi connectivity index (χ1) is 16.7. The van der Waals surface area contributed by atoms with Crippen LogP contribution in [0.4, 0.5) is 4.79 Å². The maximum Gasteiger partial charge on any atom is 0.407 e. The van der Waals surface area contributed by atoms with E-state index in [2.05, 4.69) is 21.2 Å². The van der Waals surface area contributed by atoms with Crippen LogP contribution in [0.2, 0.25) is 0 Å². The highest BCUT2D eigenvalue weighted by Crippen LogP contribution is 2.49. The Morgan fingerprint density at radius 2 is 1.83 bits per heavy atom. The first kappa shape index (κ1) is 23.4. The van der Waals surface area contributed by atoms with E-state index in [-0.39, 0.29) is 18.7 Å². The van der Waals surface area contributed by atoms with E-state index in [1.54, 1.807) is 6.07 Å². The number of aromatic carboxylic acids is 1. The summed E-state index contributed by atoms with van der Waals surface area (Å²) in [5.41, 5.74) is 4.10. The molecular weight excluding hydrogens is 516 g/mol. The first-order valence-corrected chi connectivity index (χ1v) is 12.4. The fraction of sp³-hybridized carbons (Fsp3) is 0.346. The van der Waals surface area contributed by atoms with Gasteiger partial charge in [-0.05, 0) is 58.5 Å². The van der Waals surface area contributed by atoms with Gasteiger partial charge in [-0.1, -0.05) is 37.1 Å². The minimum Gasteiger partial charge on any atom is -0.481 e. The number of aryl methyl sites for hydroxylation is 1. The van der Waals surface area contributed by atoms with Crippen LogP contribution in [-0.4, -0.2) is 46.0 Å². The van der Waals surface area contributed by atoms with E-state index in [4.69, 9.17) is 4.74 Å². The van der Waals surface area contributed by atoms with E-state index >= 15 is 0 Å². The summed E-state index contributed by atoms with van der Waals surface area (Å²) in [5.74, 6) is -1.89. The molecule has 182 valence electrons. The molecular formula is C26H25BrN2O6. The first-order valence-electron chi connectivity index (χ1n) is 11.6. The highest BCUT2D eigenvalue weighted by molar-refractivity contribution is 9.10. The maximum absolute atomic E-state index is 12.4. The highest BCUT2D eigenvalue weighted by atomic mass is 79.9. The third-order valence-corrected chi connectivity index (χ3v) is 8.09. The number of carboxylic acids is 2. The molecule has 0 saturated heterocycles. The lowest BCUT2D eigenvalue weighted by atomic mass is 9.86. The highest BCUT2D eigenvalue weighted by Gasteiger charge is 2.41. The number of aromatic nitrogens is 1. The maximum atomic E-state index is 12.4. The minimum absolute atomic E-state index is 0.0421. The Hall–Kier alpha value is -3.33. The van der Waals surface area contributed by atoms with Gasteiger partial charge in [0, 0.05) is 17.5 Å². The molecule has 0 radical (unpaired) electrons. The quantitative estimate of drug-likeness (QED) is 0.287. The van der Waals surface area contributed by atoms with E-state index in [1.807, 2.05) is 35.8 Å². The number of fused-ring (bicyclic) bond motifs is 5. The van der Waals surface area contributed by atoms with Gasteiger partial charge in [0.2, 0.25) is 0 Å². The molecule has 2 aromatic carbocycles. The molecule has 1 saturated carbocycles. The van der Waals surface area contributed by atoms with Crippen molar-refractivity contribution in [1.82, 2.24) is 9.88 Å². The van der Waals surface area contributed by atoms with Crippen molar-refractivity contribution in [1.29, 1.82) is 0 Å². The number of benzene rings is 2. The number of carboxylic acid groups (broad SMARTS) is 2. The topological polar surface area (TPSA) is 118 Å². The zero-order chi connectivity index (χ0) is 24.9. The summed E-state index contributed by atoms with van der Waals surface area (Å²) in [6.45, 7) is 2.35. The van der Waals surface area contributed by atoms with Gasteiger partial charge >= 0.3 is 18.0 Å². The monoisotopic (exact) mass is 540 g/mol. The average Bonchev–Trinajstić information content (AvgIpc) is 3.40. The van der Waals surface area contributed by atoms with Gasteiger partial charge in [0.05, 0.1) is 33.2 Å². The van der Waals surface area contributed by atoms with Crippen LogP contribution < -0.4 is 5.32 Å². The van der Waals surface area contributed by atoms with E-state index < -0.39 is 23.4 Å². The number of halogens is 1. The van der Waals surface area contributed by atoms with Gasteiger partial charge in [-0.2, -0.15) is 0 Å². The predicted octanol–water partition coefficient (Wildman–Crippen LogP) is 5.43. The summed E-state index contributed by atoms with van der Waals surface area (Å²) in [4.78, 5) is 36.3. The summed E-state index contributed by atoms with van der Waals surface area (Å²) in [6, 6.07) is 9.44. The fourth-order valence-electron chi connectivity index (χ4n) is 5.57. The summed E-state index contributed by atoms with van der Waals surface area (Å²) < 4.78 is 8.18. The van der Waals surface area contributed by atoms with Crippen LogP contribution in [0.3, 0.4) is 0 Å². The smallest absolute Gasteiger partial charge is 0.407 e. The standard InChI is InChI=1S/C26H25BrN2O6/c1-14-7-8-17-20-18(14)15-5-4-6-16(19(15)23(30)31)22(21(20)27)29(17)11-12-35-25(34)28-13-26(24(32)33)9-2-3-10-26/h4-8H,2-3,9-13H2,1H3,(H,28,34)(H,30,31)(H,32,33). The number of carbonyl (C=O) groups is 3. The van der Waals surface area contributed by atoms with Crippen molar-refractivity contribution in [2.45, 2.75) is 39.2 Å². The molecule has 2 aliphatic rings. The molecule has 0 spiro atoms. The summed E-state index contributed by atoms with van der Waals surface area (Å²) >= 11 is 3.72. The van der Waals surface area contributed by atoms with Crippen molar-refractivity contribution in [2.75, 3.05) is 13.2 Å². The average molecular weight is 541 g/mol. The summed E-state index contributed by atoms with van der Waals surface area (Å²) in [7, 11) is 0. The molecule has 1 heterocycles. The minimum atomic E-state index is -0.997. The lowest BCUT2D eigenvalue weighted by Gasteiger charge is -2.23. The van der Waals surface area contributed by atoms with Crippen molar-refractivity contribution in [3.05, 3.63) is 45.9 Å². The second kappa shape index (κ2) is 8.71. The number of alkyl carbamates (subject to hydrolysis) is 1. The molecule has 1 amide bonds. The van der Waals surface area contributed by atoms with Crippen LogP contribution in [0.25, 0.3) is 33.3 Å². The molecule has 35 heavy (non-hydrogen) atoms. The largest absolute Gasteiger partial charge is 0.481 e. The van der Waals surface area contributed by atoms with Crippen molar-refractivity contribution in [2.24, 2.45) is 5.41 Å². The van der Waals surface area contributed by atoms with Crippen molar-refractivity contribution >= 4 is 44.9 Å². The van der Waals surface area contributed by atoms with E-state index in [9.17, 15) is 24.6 Å². The van der Waals surface area contributed by atoms with Gasteiger partial charge in [0.15, 0.2) is 0 Å². The molecule has 3 N–H and O–H groups in total. The lowest BCUT2D eigenvalue weighted by molar-refractivity contribution is -0.148. The zero-order valence-corrected chi connectivity index (χ0v) is 20.8. The van der Waals surface area contributed by atoms with Gasteiger partial charge in [-0.25, -0.2) is 9.59 Å². The Labute approximate surface area is 210 Å². The number of rotatable bonds is 7. The van der Waals surface area contributed by atoms with Crippen LogP contribution in [0.5, 0.6) is 0 Å². The van der Waals surface area contributed by atoms with Crippen LogP contribution in [-0.2, 0) is 16.1 Å². The third-order valence-electron chi connectivity index (χ3n) is 7.32. The Balaban J connectivity index is 1.41. The Morgan fingerprint density at radius 3 is 2.51 bits per heavy atom. The summed E-state index contributed by atoms with van der Waals surface area (Å²) in [5, 5.41) is 23.2. The van der Waals surface area contributed by atoms with Gasteiger partial charge in [-0.15, -0.1) is 0 Å². The van der Waals surface area contributed by atoms with Gasteiger partial charge in [-0.3, -0.25) is 4.79 Å². The number of aliphatic carboxylic acids is 1. The zero-order valence-electron chi connectivity index (χ0n) is 19.2. The third kappa shape index (κ3) is 3.69. The molecule has 0 aliphatic heterocycles. The van der Waals surface area contributed by atoms with Crippen molar-refractivity contribution in [3.63, 3.8) is 0 Å². The Kier molecular flexibility index (Phi) is 5.83. The number of nitrogens with zero attached hydrogens (tertiary/aromatic N) is 1. The fourth-order valence-corrected chi connectivity index (χ4v) is 6.40. The number of amides is 1. The Morgan fingerprint density at radius 1 is 1.11 bits per heavy atom. The molecule has 5 rings (SSSR count). The molecule has 3 aromatic rings. The van der Waals surface area contributed by atoms with E-state index in [0.29, 0.717) is 30.5 Å². The number of ether oxygens (including phenoxy) is 1. The SMILES string of the molecule is Cc1ccc2c3c(Br)c(n2CCOC(=O)NCC2(C(=O)O)CCCC2)-c2cccc(c2C(=O)O)-c13. The predicted molar refractivity (Wildman–Crippen MR) is 134 cm³/mol. The number of carbonyl (C=O) groups excluding carboxylic acids is 1. The van der Waals surface area contributed by atoms with Crippen LogP contribution in [0.15, 0.2) is 34.8 Å². The molecule has 4 bridgehead atoms. The molecule has 0 atom stereocenters. The number of hydrogen-bond acceptors (Lipinski definition) is 4. The van der Waals surface area contributed by atoms with E-state index in [0.717, 1.165) is 45.0 Å². The van der Waals surface area contributed by atoms with Gasteiger partial charge in [0.25, 0.3) is 0 Å². The number of nitrogens with one attached hydrogen (secondary N) is 1. The second-order valence-electron chi connectivity index (χ2n) is 9.28. The van der Waals surface area contributed by atoms with E-state index in [1.165, 1.54) is 0 Å². The van der Waals surface area contributed by atoms with Crippen molar-refractivity contribution in [3.8, 4) is 22.4 Å². The van der Waals surface area contributed by atoms with Gasteiger partial charge < -0.3 is 24.8 Å². The van der Waals surface area contributed by atoms with Gasteiger partial charge in [0.1, 0.15) is 6.61 Å². The molecule has 9 heteroatoms. The van der Waals surface area contributed by atoms with Crippen LogP contribution in [0.1, 0.15) is 41.6 Å². The lowest BCUT2D eigenvalue weighted by Crippen LogP contribution is -2.41. The van der Waals surface area contributed by atoms with Crippen LogP contribution in [0, 0.1) is 12.3 Å². The van der Waals surface area contributed by atoms with Crippen molar-refractivity contribution < 1.29 is 29.3 Å². The molecule has 1 aromatic heterocycles. The van der Waals surface area contributed by atoms with Crippen LogP contribution >= 0.6 is 15.9 Å². The Bertz CT molecular complexity index is 1390.